The molecule has 1 N–H and O–H groups in total. The molecule has 1 aliphatic rings. The Morgan fingerprint density at radius 2 is 1.90 bits per heavy atom. The third-order valence-corrected chi connectivity index (χ3v) is 2.73. The standard InChI is InChI=1S/C11H12F5N3O/c1-17-7-4-8(19-9(18-7)6-2-3-6)20-5-10(12,13)11(14,15)16/h4,6H,2-3,5H2,1H3,(H,17,18,19). The van der Waals surface area contributed by atoms with Gasteiger partial charge >= 0.3 is 12.1 Å². The van der Waals surface area contributed by atoms with Crippen molar-refractivity contribution >= 4 is 5.82 Å². The Hall–Kier alpha value is -1.67. The average Bonchev–Trinajstić information content (AvgIpc) is 3.19. The number of ether oxygens (including phenoxy) is 1. The molecule has 112 valence electrons. The van der Waals surface area contributed by atoms with Crippen LogP contribution in [0.25, 0.3) is 0 Å². The van der Waals surface area contributed by atoms with Crippen LogP contribution >= 0.6 is 0 Å². The third kappa shape index (κ3) is 3.26. The zero-order chi connectivity index (χ0) is 15.0. The minimum Gasteiger partial charge on any atom is -0.471 e. The number of halogens is 5. The van der Waals surface area contributed by atoms with Crippen LogP contribution in [0.15, 0.2) is 6.07 Å². The van der Waals surface area contributed by atoms with E-state index in [-0.39, 0.29) is 11.8 Å². The molecule has 0 unspecified atom stereocenters. The van der Waals surface area contributed by atoms with Crippen LogP contribution in [0.1, 0.15) is 24.6 Å². The summed E-state index contributed by atoms with van der Waals surface area (Å²) in [4.78, 5) is 7.95. The van der Waals surface area contributed by atoms with Gasteiger partial charge in [-0.3, -0.25) is 0 Å². The van der Waals surface area contributed by atoms with Gasteiger partial charge in [0.2, 0.25) is 5.88 Å². The summed E-state index contributed by atoms with van der Waals surface area (Å²) in [5.41, 5.74) is 0. The number of rotatable bonds is 5. The smallest absolute Gasteiger partial charge is 0.456 e. The topological polar surface area (TPSA) is 47.0 Å². The summed E-state index contributed by atoms with van der Waals surface area (Å²) in [7, 11) is 1.55. The van der Waals surface area contributed by atoms with E-state index in [2.05, 4.69) is 20.0 Å². The fraction of sp³-hybridized carbons (Fsp3) is 0.636. The predicted octanol–water partition coefficient (Wildman–Crippen LogP) is 2.97. The van der Waals surface area contributed by atoms with Gasteiger partial charge in [0.05, 0.1) is 0 Å². The second-order valence-corrected chi connectivity index (χ2v) is 4.46. The van der Waals surface area contributed by atoms with Crippen LogP contribution in [0.4, 0.5) is 27.8 Å². The highest BCUT2D eigenvalue weighted by molar-refractivity contribution is 5.38. The van der Waals surface area contributed by atoms with Gasteiger partial charge in [-0.15, -0.1) is 0 Å². The molecule has 1 fully saturated rings. The van der Waals surface area contributed by atoms with Crippen LogP contribution in [-0.4, -0.2) is 35.7 Å². The van der Waals surface area contributed by atoms with Gasteiger partial charge in [-0.2, -0.15) is 26.9 Å². The molecule has 1 saturated carbocycles. The van der Waals surface area contributed by atoms with Crippen molar-refractivity contribution in [2.45, 2.75) is 30.9 Å². The molecular weight excluding hydrogens is 285 g/mol. The number of hydrogen-bond acceptors (Lipinski definition) is 4. The lowest BCUT2D eigenvalue weighted by molar-refractivity contribution is -0.290. The fourth-order valence-electron chi connectivity index (χ4n) is 1.42. The van der Waals surface area contributed by atoms with Crippen molar-refractivity contribution in [2.75, 3.05) is 19.0 Å². The number of alkyl halides is 5. The molecule has 4 nitrogen and oxygen atoms in total. The molecule has 1 heterocycles. The molecule has 2 rings (SSSR count). The largest absolute Gasteiger partial charge is 0.471 e. The van der Waals surface area contributed by atoms with E-state index in [9.17, 15) is 22.0 Å². The van der Waals surface area contributed by atoms with E-state index in [0.717, 1.165) is 12.8 Å². The zero-order valence-electron chi connectivity index (χ0n) is 10.5. The first kappa shape index (κ1) is 14.7. The van der Waals surface area contributed by atoms with E-state index in [1.165, 1.54) is 6.07 Å². The Morgan fingerprint density at radius 3 is 2.40 bits per heavy atom. The first-order valence-corrected chi connectivity index (χ1v) is 5.87. The Kier molecular flexibility index (Phi) is 3.70. The average molecular weight is 297 g/mol. The van der Waals surface area contributed by atoms with Crippen molar-refractivity contribution in [3.63, 3.8) is 0 Å². The van der Waals surface area contributed by atoms with Crippen LogP contribution in [0, 0.1) is 0 Å². The Balaban J connectivity index is 2.11. The molecular formula is C11H12F5N3O. The summed E-state index contributed by atoms with van der Waals surface area (Å²) in [6.45, 7) is -1.80. The maximum atomic E-state index is 12.8. The van der Waals surface area contributed by atoms with E-state index in [0.29, 0.717) is 11.6 Å². The highest BCUT2D eigenvalue weighted by atomic mass is 19.4. The second kappa shape index (κ2) is 5.02. The van der Waals surface area contributed by atoms with E-state index >= 15 is 0 Å². The van der Waals surface area contributed by atoms with Crippen molar-refractivity contribution in [3.05, 3.63) is 11.9 Å². The first-order valence-electron chi connectivity index (χ1n) is 5.87. The van der Waals surface area contributed by atoms with E-state index in [4.69, 9.17) is 0 Å². The summed E-state index contributed by atoms with van der Waals surface area (Å²) in [6, 6.07) is 1.18. The van der Waals surface area contributed by atoms with Crippen LogP contribution in [0.5, 0.6) is 5.88 Å². The Bertz CT molecular complexity index is 487. The summed E-state index contributed by atoms with van der Waals surface area (Å²) in [5.74, 6) is -4.39. The lowest BCUT2D eigenvalue weighted by atomic mass is 10.3. The first-order chi connectivity index (χ1) is 9.23. The normalized spacial score (nSPS) is 16.1. The minimum atomic E-state index is -5.65. The molecule has 1 aromatic rings. The Morgan fingerprint density at radius 1 is 1.25 bits per heavy atom. The molecule has 0 atom stereocenters. The van der Waals surface area contributed by atoms with Gasteiger partial charge < -0.3 is 10.1 Å². The van der Waals surface area contributed by atoms with E-state index in [1.807, 2.05) is 0 Å². The molecule has 0 spiro atoms. The molecule has 1 aromatic heterocycles. The monoisotopic (exact) mass is 297 g/mol. The molecule has 0 aromatic carbocycles. The van der Waals surface area contributed by atoms with E-state index < -0.39 is 18.7 Å². The highest BCUT2D eigenvalue weighted by Gasteiger charge is 2.58. The summed E-state index contributed by atoms with van der Waals surface area (Å²) >= 11 is 0. The number of nitrogens with zero attached hydrogens (tertiary/aromatic N) is 2. The molecule has 0 saturated heterocycles. The number of nitrogens with one attached hydrogen (secondary N) is 1. The zero-order valence-corrected chi connectivity index (χ0v) is 10.5. The van der Waals surface area contributed by atoms with Crippen molar-refractivity contribution in [3.8, 4) is 5.88 Å². The third-order valence-electron chi connectivity index (χ3n) is 2.73. The van der Waals surface area contributed by atoms with Crippen molar-refractivity contribution in [1.82, 2.24) is 9.97 Å². The van der Waals surface area contributed by atoms with Crippen LogP contribution < -0.4 is 10.1 Å². The number of aromatic nitrogens is 2. The van der Waals surface area contributed by atoms with Crippen LogP contribution in [0.2, 0.25) is 0 Å². The predicted molar refractivity (Wildman–Crippen MR) is 60.1 cm³/mol. The molecule has 0 radical (unpaired) electrons. The highest BCUT2D eigenvalue weighted by Crippen LogP contribution is 2.39. The van der Waals surface area contributed by atoms with Gasteiger partial charge in [0.15, 0.2) is 6.61 Å². The summed E-state index contributed by atoms with van der Waals surface area (Å²) in [5, 5.41) is 2.68. The van der Waals surface area contributed by atoms with Gasteiger partial charge in [0.1, 0.15) is 11.6 Å². The van der Waals surface area contributed by atoms with Gasteiger partial charge in [0.25, 0.3) is 0 Å². The maximum absolute atomic E-state index is 12.8. The van der Waals surface area contributed by atoms with Crippen LogP contribution in [-0.2, 0) is 0 Å². The van der Waals surface area contributed by atoms with E-state index in [1.54, 1.807) is 7.05 Å². The van der Waals surface area contributed by atoms with Gasteiger partial charge in [0, 0.05) is 19.0 Å². The quantitative estimate of drug-likeness (QED) is 0.849. The van der Waals surface area contributed by atoms with Gasteiger partial charge in [-0.05, 0) is 12.8 Å². The van der Waals surface area contributed by atoms with Crippen molar-refractivity contribution in [2.24, 2.45) is 0 Å². The summed E-state index contributed by atoms with van der Waals surface area (Å²) in [6.07, 6.45) is -3.91. The molecule has 0 amide bonds. The minimum absolute atomic E-state index is 0.119. The summed E-state index contributed by atoms with van der Waals surface area (Å²) < 4.78 is 66.1. The molecule has 0 bridgehead atoms. The van der Waals surface area contributed by atoms with Crippen molar-refractivity contribution < 1.29 is 26.7 Å². The molecule has 9 heteroatoms. The van der Waals surface area contributed by atoms with Crippen LogP contribution in [0.3, 0.4) is 0 Å². The number of hydrogen-bond donors (Lipinski definition) is 1. The molecule has 0 aliphatic heterocycles. The van der Waals surface area contributed by atoms with Gasteiger partial charge in [-0.25, -0.2) is 4.98 Å². The van der Waals surface area contributed by atoms with Crippen molar-refractivity contribution in [1.29, 1.82) is 0 Å². The Labute approximate surface area is 111 Å². The lowest BCUT2D eigenvalue weighted by Crippen LogP contribution is -2.41. The number of anilines is 1. The maximum Gasteiger partial charge on any atom is 0.456 e. The molecule has 20 heavy (non-hydrogen) atoms. The lowest BCUT2D eigenvalue weighted by Gasteiger charge is -2.19. The second-order valence-electron chi connectivity index (χ2n) is 4.46. The SMILES string of the molecule is CNc1cc(OCC(F)(F)C(F)(F)F)nc(C2CC2)n1. The molecule has 1 aliphatic carbocycles. The fourth-order valence-corrected chi connectivity index (χ4v) is 1.42. The van der Waals surface area contributed by atoms with Gasteiger partial charge in [-0.1, -0.05) is 0 Å².